The Morgan fingerprint density at radius 3 is 2.94 bits per heavy atom. The molecule has 1 aliphatic heterocycles. The first-order valence-electron chi connectivity index (χ1n) is 6.23. The van der Waals surface area contributed by atoms with Crippen molar-refractivity contribution in [1.29, 1.82) is 0 Å². The molecule has 18 heavy (non-hydrogen) atoms. The van der Waals surface area contributed by atoms with Crippen LogP contribution in [0.25, 0.3) is 0 Å². The monoisotopic (exact) mass is 285 g/mol. The number of thioether (sulfide) groups is 1. The van der Waals surface area contributed by atoms with Gasteiger partial charge in [-0.25, -0.2) is 0 Å². The number of aliphatic hydroxyl groups is 1. The Labute approximate surface area is 118 Å². The smallest absolute Gasteiger partial charge is 0.0953 e. The minimum Gasteiger partial charge on any atom is -0.385 e. The zero-order chi connectivity index (χ0) is 13.2. The highest BCUT2D eigenvalue weighted by atomic mass is 35.5. The first kappa shape index (κ1) is 14.2. The van der Waals surface area contributed by atoms with E-state index < -0.39 is 5.60 Å². The van der Waals surface area contributed by atoms with Gasteiger partial charge < -0.3 is 10.0 Å². The minimum atomic E-state index is -0.736. The third-order valence-electron chi connectivity index (χ3n) is 3.53. The first-order valence-corrected chi connectivity index (χ1v) is 7.76. The third kappa shape index (κ3) is 3.02. The van der Waals surface area contributed by atoms with E-state index in [1.54, 1.807) is 0 Å². The summed E-state index contributed by atoms with van der Waals surface area (Å²) in [7, 11) is 4.11. The topological polar surface area (TPSA) is 23.5 Å². The van der Waals surface area contributed by atoms with Gasteiger partial charge >= 0.3 is 0 Å². The Morgan fingerprint density at radius 2 is 2.28 bits per heavy atom. The van der Waals surface area contributed by atoms with E-state index in [0.717, 1.165) is 30.0 Å². The second-order valence-corrected chi connectivity index (χ2v) is 6.80. The molecule has 1 aromatic rings. The fourth-order valence-electron chi connectivity index (χ4n) is 2.58. The largest absolute Gasteiger partial charge is 0.385 e. The molecule has 0 aromatic heterocycles. The number of rotatable bonds is 3. The summed E-state index contributed by atoms with van der Waals surface area (Å²) in [6.07, 6.45) is 0.802. The molecule has 1 aromatic carbocycles. The molecule has 0 spiro atoms. The SMILES string of the molecule is CN(C)C[C@@H]1CSCC[C@]1(O)c1cccc(Cl)c1. The maximum Gasteiger partial charge on any atom is 0.0953 e. The van der Waals surface area contributed by atoms with E-state index in [0.29, 0.717) is 5.02 Å². The van der Waals surface area contributed by atoms with Crippen molar-refractivity contribution < 1.29 is 5.11 Å². The number of nitrogens with zero attached hydrogens (tertiary/aromatic N) is 1. The van der Waals surface area contributed by atoms with Crippen LogP contribution in [0.1, 0.15) is 12.0 Å². The van der Waals surface area contributed by atoms with Crippen molar-refractivity contribution in [3.63, 3.8) is 0 Å². The molecule has 1 aliphatic rings. The van der Waals surface area contributed by atoms with Gasteiger partial charge in [-0.3, -0.25) is 0 Å². The van der Waals surface area contributed by atoms with Crippen molar-refractivity contribution in [2.24, 2.45) is 5.92 Å². The molecule has 1 N–H and O–H groups in total. The Kier molecular flexibility index (Phi) is 4.59. The fourth-order valence-corrected chi connectivity index (χ4v) is 4.06. The molecule has 0 saturated carbocycles. The number of hydrogen-bond acceptors (Lipinski definition) is 3. The minimum absolute atomic E-state index is 0.254. The molecule has 0 amide bonds. The van der Waals surface area contributed by atoms with Crippen LogP contribution in [-0.4, -0.2) is 42.2 Å². The summed E-state index contributed by atoms with van der Waals surface area (Å²) in [4.78, 5) is 2.14. The molecule has 1 heterocycles. The Hall–Kier alpha value is -0.220. The molecule has 0 radical (unpaired) electrons. The van der Waals surface area contributed by atoms with Crippen molar-refractivity contribution in [2.45, 2.75) is 12.0 Å². The lowest BCUT2D eigenvalue weighted by atomic mass is 9.79. The number of hydrogen-bond donors (Lipinski definition) is 1. The van der Waals surface area contributed by atoms with Gasteiger partial charge in [0.1, 0.15) is 0 Å². The molecule has 4 heteroatoms. The van der Waals surface area contributed by atoms with Gasteiger partial charge in [0.25, 0.3) is 0 Å². The van der Waals surface area contributed by atoms with Crippen LogP contribution in [0.2, 0.25) is 5.02 Å². The van der Waals surface area contributed by atoms with Crippen molar-refractivity contribution >= 4 is 23.4 Å². The van der Waals surface area contributed by atoms with Crippen LogP contribution in [0.5, 0.6) is 0 Å². The predicted molar refractivity (Wildman–Crippen MR) is 79.3 cm³/mol. The third-order valence-corrected chi connectivity index (χ3v) is 4.90. The summed E-state index contributed by atoms with van der Waals surface area (Å²) < 4.78 is 0. The summed E-state index contributed by atoms with van der Waals surface area (Å²) in [5.74, 6) is 2.26. The average molecular weight is 286 g/mol. The molecule has 0 unspecified atom stereocenters. The summed E-state index contributed by atoms with van der Waals surface area (Å²) in [6, 6.07) is 7.67. The fraction of sp³-hybridized carbons (Fsp3) is 0.571. The van der Waals surface area contributed by atoms with Gasteiger partial charge in [-0.15, -0.1) is 0 Å². The quantitative estimate of drug-likeness (QED) is 0.924. The Bertz CT molecular complexity index is 413. The van der Waals surface area contributed by atoms with E-state index in [1.807, 2.05) is 36.0 Å². The summed E-state index contributed by atoms with van der Waals surface area (Å²) in [6.45, 7) is 0.899. The van der Waals surface area contributed by atoms with E-state index >= 15 is 0 Å². The van der Waals surface area contributed by atoms with Crippen LogP contribution < -0.4 is 0 Å². The van der Waals surface area contributed by atoms with Crippen molar-refractivity contribution in [3.05, 3.63) is 34.9 Å². The van der Waals surface area contributed by atoms with E-state index in [2.05, 4.69) is 19.0 Å². The van der Waals surface area contributed by atoms with Gasteiger partial charge in [0.15, 0.2) is 0 Å². The number of benzene rings is 1. The second-order valence-electron chi connectivity index (χ2n) is 5.22. The predicted octanol–water partition coefficient (Wildman–Crippen LogP) is 2.84. The van der Waals surface area contributed by atoms with Crippen LogP contribution in [0.4, 0.5) is 0 Å². The lowest BCUT2D eigenvalue weighted by molar-refractivity contribution is -0.0293. The van der Waals surface area contributed by atoms with Gasteiger partial charge in [-0.2, -0.15) is 11.8 Å². The molecule has 0 aliphatic carbocycles. The molecule has 2 nitrogen and oxygen atoms in total. The zero-order valence-electron chi connectivity index (χ0n) is 10.9. The molecule has 1 saturated heterocycles. The normalized spacial score (nSPS) is 28.6. The van der Waals surface area contributed by atoms with Crippen LogP contribution >= 0.6 is 23.4 Å². The zero-order valence-corrected chi connectivity index (χ0v) is 12.5. The van der Waals surface area contributed by atoms with Gasteiger partial charge in [-0.1, -0.05) is 23.7 Å². The Balaban J connectivity index is 2.29. The standard InChI is InChI=1S/C14H20ClNOS/c1-16(2)9-12-10-18-7-6-14(12,17)11-4-3-5-13(15)8-11/h3-5,8,12,17H,6-7,9-10H2,1-2H3/t12-,14+/m1/s1. The van der Waals surface area contributed by atoms with Crippen molar-refractivity contribution in [3.8, 4) is 0 Å². The second kappa shape index (κ2) is 5.83. The van der Waals surface area contributed by atoms with Crippen LogP contribution in [0, 0.1) is 5.92 Å². The summed E-state index contributed by atoms with van der Waals surface area (Å²) in [5, 5.41) is 11.8. The van der Waals surface area contributed by atoms with Crippen molar-refractivity contribution in [2.75, 3.05) is 32.1 Å². The van der Waals surface area contributed by atoms with E-state index in [1.165, 1.54) is 0 Å². The maximum absolute atomic E-state index is 11.1. The molecule has 100 valence electrons. The first-order chi connectivity index (χ1) is 8.52. The van der Waals surface area contributed by atoms with Gasteiger partial charge in [-0.05, 0) is 44.0 Å². The van der Waals surface area contributed by atoms with Crippen LogP contribution in [0.3, 0.4) is 0 Å². The lowest BCUT2D eigenvalue weighted by Gasteiger charge is -2.41. The highest BCUT2D eigenvalue weighted by Crippen LogP contribution is 2.41. The van der Waals surface area contributed by atoms with Gasteiger partial charge in [0, 0.05) is 23.2 Å². The van der Waals surface area contributed by atoms with Crippen molar-refractivity contribution in [1.82, 2.24) is 4.90 Å². The van der Waals surface area contributed by atoms with E-state index in [-0.39, 0.29) is 5.92 Å². The molecule has 1 fully saturated rings. The average Bonchev–Trinajstić information content (AvgIpc) is 2.32. The van der Waals surface area contributed by atoms with Crippen LogP contribution in [0.15, 0.2) is 24.3 Å². The maximum atomic E-state index is 11.1. The molecular weight excluding hydrogens is 266 g/mol. The highest BCUT2D eigenvalue weighted by molar-refractivity contribution is 7.99. The molecule has 2 atom stereocenters. The molecule has 0 bridgehead atoms. The molecular formula is C14H20ClNOS. The summed E-state index contributed by atoms with van der Waals surface area (Å²) in [5.41, 5.74) is 0.225. The van der Waals surface area contributed by atoms with Gasteiger partial charge in [0.05, 0.1) is 5.60 Å². The van der Waals surface area contributed by atoms with E-state index in [4.69, 9.17) is 11.6 Å². The highest BCUT2D eigenvalue weighted by Gasteiger charge is 2.40. The number of halogens is 1. The summed E-state index contributed by atoms with van der Waals surface area (Å²) >= 11 is 7.98. The molecule has 2 rings (SSSR count). The lowest BCUT2D eigenvalue weighted by Crippen LogP contribution is -2.45. The van der Waals surface area contributed by atoms with E-state index in [9.17, 15) is 5.11 Å². The van der Waals surface area contributed by atoms with Crippen LogP contribution in [-0.2, 0) is 5.60 Å². The Morgan fingerprint density at radius 1 is 1.50 bits per heavy atom. The van der Waals surface area contributed by atoms with Gasteiger partial charge in [0.2, 0.25) is 0 Å².